The van der Waals surface area contributed by atoms with Crippen LogP contribution in [0.5, 0.6) is 0 Å². The van der Waals surface area contributed by atoms with Crippen LogP contribution < -0.4 is 0 Å². The molecule has 19 heteroatoms. The van der Waals surface area contributed by atoms with E-state index in [4.69, 9.17) is 56.9 Å². The summed E-state index contributed by atoms with van der Waals surface area (Å²) in [6, 6.07) is 0. The van der Waals surface area contributed by atoms with Gasteiger partial charge in [0, 0.05) is 79.9 Å². The van der Waals surface area contributed by atoms with Crippen molar-refractivity contribution in [3.63, 3.8) is 0 Å². The maximum Gasteiger partial charge on any atom is 0.333 e. The molecule has 55 heavy (non-hydrogen) atoms. The Morgan fingerprint density at radius 2 is 0.782 bits per heavy atom. The lowest BCUT2D eigenvalue weighted by atomic mass is 9.92. The van der Waals surface area contributed by atoms with Crippen LogP contribution in [0.4, 0.5) is 0 Å². The van der Waals surface area contributed by atoms with Gasteiger partial charge in [-0.2, -0.15) is 0 Å². The Balaban J connectivity index is 2.72. The molecular weight excluding hydrogens is 734 g/mol. The number of imide groups is 1. The number of hydroxylamine groups is 2. The quantitative estimate of drug-likeness (QED) is 0.0375. The number of rotatable bonds is 37. The third-order valence-corrected chi connectivity index (χ3v) is 7.53. The third kappa shape index (κ3) is 26.2. The fraction of sp³-hybridized carbons (Fsp3) is 0.833. The summed E-state index contributed by atoms with van der Waals surface area (Å²) < 4.78 is 59.9. The number of methoxy groups -OCH3 is 3. The van der Waals surface area contributed by atoms with Gasteiger partial charge in [0.05, 0.1) is 71.3 Å². The smallest absolute Gasteiger partial charge is 0.333 e. The molecular formula is C36H61NO18. The minimum atomic E-state index is -0.901. The number of hydrogen-bond donors (Lipinski definition) is 0. The van der Waals surface area contributed by atoms with Gasteiger partial charge in [-0.15, -0.1) is 5.06 Å². The Morgan fingerprint density at radius 3 is 1.16 bits per heavy atom. The molecule has 0 spiro atoms. The topological polar surface area (TPSA) is 216 Å². The summed E-state index contributed by atoms with van der Waals surface area (Å²) in [7, 11) is 4.66. The highest BCUT2D eigenvalue weighted by Gasteiger charge is 2.34. The molecule has 1 fully saturated rings. The van der Waals surface area contributed by atoms with E-state index in [9.17, 15) is 28.8 Å². The second kappa shape index (κ2) is 32.9. The summed E-state index contributed by atoms with van der Waals surface area (Å²) >= 11 is 0. The van der Waals surface area contributed by atoms with E-state index in [2.05, 4.69) is 0 Å². The number of hydrogen-bond acceptors (Lipinski definition) is 18. The van der Waals surface area contributed by atoms with Gasteiger partial charge in [0.2, 0.25) is 0 Å². The van der Waals surface area contributed by atoms with Gasteiger partial charge in [-0.1, -0.05) is 0 Å². The van der Waals surface area contributed by atoms with Gasteiger partial charge in [0.1, 0.15) is 19.8 Å². The van der Waals surface area contributed by atoms with Crippen molar-refractivity contribution >= 4 is 35.7 Å². The van der Waals surface area contributed by atoms with Crippen LogP contribution in [0.25, 0.3) is 0 Å². The number of nitrogens with zero attached hydrogens (tertiary/aromatic N) is 1. The van der Waals surface area contributed by atoms with E-state index in [1.165, 1.54) is 0 Å². The number of carbonyl (C=O) groups is 6. The van der Waals surface area contributed by atoms with Crippen LogP contribution in [0.2, 0.25) is 0 Å². The van der Waals surface area contributed by atoms with Crippen molar-refractivity contribution in [2.45, 2.75) is 64.2 Å². The van der Waals surface area contributed by atoms with Crippen LogP contribution in [0.3, 0.4) is 0 Å². The average Bonchev–Trinajstić information content (AvgIpc) is 3.47. The Bertz CT molecular complexity index is 994. The van der Waals surface area contributed by atoms with Crippen LogP contribution in [-0.2, 0) is 85.7 Å². The molecule has 318 valence electrons. The van der Waals surface area contributed by atoms with E-state index >= 15 is 0 Å². The molecule has 1 aliphatic rings. The van der Waals surface area contributed by atoms with Gasteiger partial charge in [0.15, 0.2) is 0 Å². The number of amides is 2. The van der Waals surface area contributed by atoms with E-state index in [1.54, 1.807) is 21.3 Å². The van der Waals surface area contributed by atoms with Gasteiger partial charge < -0.3 is 56.9 Å². The monoisotopic (exact) mass is 795 g/mol. The first kappa shape index (κ1) is 49.7. The van der Waals surface area contributed by atoms with Crippen molar-refractivity contribution < 1.29 is 85.7 Å². The molecule has 0 bridgehead atoms. The van der Waals surface area contributed by atoms with E-state index in [0.717, 1.165) is 0 Å². The lowest BCUT2D eigenvalue weighted by molar-refractivity contribution is -0.197. The summed E-state index contributed by atoms with van der Waals surface area (Å²) in [5.41, 5.74) is -0.901. The second-order valence-corrected chi connectivity index (χ2v) is 12.4. The minimum Gasteiger partial charge on any atom is -0.463 e. The molecule has 2 amide bonds. The van der Waals surface area contributed by atoms with Gasteiger partial charge in [-0.05, 0) is 25.7 Å². The zero-order chi connectivity index (χ0) is 40.4. The Morgan fingerprint density at radius 1 is 0.455 bits per heavy atom. The number of esters is 3. The molecule has 1 aliphatic heterocycles. The highest BCUT2D eigenvalue weighted by Crippen LogP contribution is 2.21. The molecule has 0 aromatic rings. The molecule has 1 saturated heterocycles. The van der Waals surface area contributed by atoms with E-state index in [1.807, 2.05) is 0 Å². The summed E-state index contributed by atoms with van der Waals surface area (Å²) in [6.07, 6.45) is 2.53. The summed E-state index contributed by atoms with van der Waals surface area (Å²) in [5, 5.41) is 0.505. The molecule has 0 N–H and O–H groups in total. The molecule has 0 aliphatic carbocycles. The van der Waals surface area contributed by atoms with Crippen LogP contribution in [0, 0.1) is 5.41 Å². The first-order valence-electron chi connectivity index (χ1n) is 18.6. The van der Waals surface area contributed by atoms with Crippen LogP contribution in [0.1, 0.15) is 64.2 Å². The molecule has 1 rings (SSSR count). The van der Waals surface area contributed by atoms with Crippen LogP contribution >= 0.6 is 0 Å². The normalized spacial score (nSPS) is 13.0. The van der Waals surface area contributed by atoms with E-state index < -0.39 is 23.2 Å². The van der Waals surface area contributed by atoms with Gasteiger partial charge >= 0.3 is 23.9 Å². The number of carbonyl (C=O) groups excluding carboxylic acids is 6. The van der Waals surface area contributed by atoms with E-state index in [0.29, 0.717) is 50.6 Å². The molecule has 1 heterocycles. The standard InChI is InChI=1S/C36H61NO18/c1-44-14-4-8-32(40)52-23-20-49-27-36(28-50-21-24-53-33(41)9-5-15-45-2,29-51-22-25-54-34(42)10-6-16-46-3)26-48-19-18-47-17-7-11-35(43)55-37-30(38)12-13-31(37)39/h4-29H2,1-3H3. The molecule has 0 aromatic heterocycles. The predicted molar refractivity (Wildman–Crippen MR) is 189 cm³/mol. The molecule has 0 aromatic carbocycles. The van der Waals surface area contributed by atoms with Crippen LogP contribution in [0.15, 0.2) is 0 Å². The minimum absolute atomic E-state index is 0.0161. The molecule has 0 atom stereocenters. The van der Waals surface area contributed by atoms with Crippen LogP contribution in [-0.4, -0.2) is 168 Å². The Labute approximate surface area is 323 Å². The van der Waals surface area contributed by atoms with Crippen molar-refractivity contribution in [3.05, 3.63) is 0 Å². The maximum atomic E-state index is 12.0. The highest BCUT2D eigenvalue weighted by atomic mass is 16.7. The fourth-order valence-corrected chi connectivity index (χ4v) is 4.69. The largest absolute Gasteiger partial charge is 0.463 e. The Hall–Kier alpha value is -3.30. The molecule has 0 radical (unpaired) electrons. The molecule has 0 unspecified atom stereocenters. The highest BCUT2D eigenvalue weighted by molar-refractivity contribution is 6.01. The number of ether oxygens (including phenoxy) is 11. The summed E-state index contributed by atoms with van der Waals surface area (Å²) in [4.78, 5) is 76.1. The fourth-order valence-electron chi connectivity index (χ4n) is 4.69. The lowest BCUT2D eigenvalue weighted by Gasteiger charge is -2.33. The maximum absolute atomic E-state index is 12.0. The second-order valence-electron chi connectivity index (χ2n) is 12.4. The molecule has 19 nitrogen and oxygen atoms in total. The zero-order valence-electron chi connectivity index (χ0n) is 32.7. The third-order valence-electron chi connectivity index (χ3n) is 7.53. The SMILES string of the molecule is COCCCC(=O)OCCOCC(COCCOCCCC(=O)ON1C(=O)CCC1=O)(COCCOC(=O)CCCOC)COCCOC(=O)CCCOC. The zero-order valence-corrected chi connectivity index (χ0v) is 32.7. The van der Waals surface area contributed by atoms with Crippen molar-refractivity contribution in [1.29, 1.82) is 0 Å². The van der Waals surface area contributed by atoms with E-state index in [-0.39, 0.29) is 142 Å². The predicted octanol–water partition coefficient (Wildman–Crippen LogP) is 1.35. The van der Waals surface area contributed by atoms with Gasteiger partial charge in [-0.25, -0.2) is 4.79 Å². The Kier molecular flexibility index (Phi) is 29.7. The van der Waals surface area contributed by atoms with Crippen molar-refractivity contribution in [1.82, 2.24) is 5.06 Å². The average molecular weight is 796 g/mol. The lowest BCUT2D eigenvalue weighted by Crippen LogP contribution is -2.43. The van der Waals surface area contributed by atoms with Gasteiger partial charge in [0.25, 0.3) is 11.8 Å². The summed E-state index contributed by atoms with van der Waals surface area (Å²) in [5.74, 6) is -2.92. The molecule has 0 saturated carbocycles. The first-order valence-corrected chi connectivity index (χ1v) is 18.6. The van der Waals surface area contributed by atoms with Gasteiger partial charge in [-0.3, -0.25) is 24.0 Å². The summed E-state index contributed by atoms with van der Waals surface area (Å²) in [6.45, 7) is 2.43. The van der Waals surface area contributed by atoms with Crippen molar-refractivity contribution in [2.24, 2.45) is 5.41 Å². The van der Waals surface area contributed by atoms with Crippen molar-refractivity contribution in [3.8, 4) is 0 Å². The first-order chi connectivity index (χ1) is 26.7. The van der Waals surface area contributed by atoms with Crippen molar-refractivity contribution in [2.75, 3.05) is 127 Å².